The first-order valence-electron chi connectivity index (χ1n) is 7.76. The van der Waals surface area contributed by atoms with Crippen molar-refractivity contribution in [3.8, 4) is 5.75 Å². The number of methoxy groups -OCH3 is 1. The zero-order chi connectivity index (χ0) is 18.9. The predicted molar refractivity (Wildman–Crippen MR) is 103 cm³/mol. The second-order valence-electron chi connectivity index (χ2n) is 5.70. The number of hydrogen-bond acceptors (Lipinski definition) is 4. The van der Waals surface area contributed by atoms with Gasteiger partial charge in [-0.1, -0.05) is 23.2 Å². The molecule has 9 heteroatoms. The lowest BCUT2D eigenvalue weighted by atomic mass is 10.2. The molecule has 0 aliphatic carbocycles. The van der Waals surface area contributed by atoms with Gasteiger partial charge in [-0.05, 0) is 42.8 Å². The van der Waals surface area contributed by atoms with E-state index in [2.05, 4.69) is 5.32 Å². The van der Waals surface area contributed by atoms with E-state index in [9.17, 15) is 13.2 Å². The Morgan fingerprint density at radius 3 is 2.62 bits per heavy atom. The molecule has 138 valence electrons. The fourth-order valence-electron chi connectivity index (χ4n) is 2.74. The number of halogens is 2. The van der Waals surface area contributed by atoms with Gasteiger partial charge >= 0.3 is 0 Å². The topological polar surface area (TPSA) is 75.7 Å². The summed E-state index contributed by atoms with van der Waals surface area (Å²) in [5.74, 6) is 0.0350. The highest BCUT2D eigenvalue weighted by Gasteiger charge is 2.29. The third kappa shape index (κ3) is 3.75. The Bertz CT molecular complexity index is 963. The van der Waals surface area contributed by atoms with Crippen LogP contribution in [0.1, 0.15) is 16.8 Å². The van der Waals surface area contributed by atoms with Crippen molar-refractivity contribution in [1.29, 1.82) is 0 Å². The molecule has 0 saturated carbocycles. The largest absolute Gasteiger partial charge is 0.495 e. The van der Waals surface area contributed by atoms with Crippen molar-refractivity contribution < 1.29 is 17.9 Å². The summed E-state index contributed by atoms with van der Waals surface area (Å²) in [5, 5.41) is 3.34. The van der Waals surface area contributed by atoms with Crippen LogP contribution in [0, 0.1) is 0 Å². The molecule has 2 aromatic rings. The zero-order valence-corrected chi connectivity index (χ0v) is 16.2. The quantitative estimate of drug-likeness (QED) is 0.825. The third-order valence-corrected chi connectivity index (χ3v) is 6.43. The van der Waals surface area contributed by atoms with Crippen molar-refractivity contribution in [2.45, 2.75) is 6.42 Å². The lowest BCUT2D eigenvalue weighted by Gasteiger charge is -2.19. The van der Waals surface area contributed by atoms with Gasteiger partial charge in [-0.3, -0.25) is 9.10 Å². The maximum absolute atomic E-state index is 12.6. The molecule has 0 unspecified atom stereocenters. The number of carbonyl (C=O) groups is 1. The first-order valence-corrected chi connectivity index (χ1v) is 10.1. The van der Waals surface area contributed by atoms with E-state index in [0.717, 1.165) is 0 Å². The van der Waals surface area contributed by atoms with Crippen LogP contribution in [0.2, 0.25) is 10.0 Å². The number of carbonyl (C=O) groups excluding carboxylic acids is 1. The Morgan fingerprint density at radius 2 is 1.96 bits per heavy atom. The van der Waals surface area contributed by atoms with Crippen LogP contribution in [-0.2, 0) is 10.0 Å². The van der Waals surface area contributed by atoms with Crippen LogP contribution < -0.4 is 14.4 Å². The number of rotatable bonds is 4. The normalized spacial score (nSPS) is 15.7. The summed E-state index contributed by atoms with van der Waals surface area (Å²) in [6.45, 7) is 0.405. The molecule has 6 nitrogen and oxygen atoms in total. The lowest BCUT2D eigenvalue weighted by Crippen LogP contribution is -2.25. The molecule has 1 aliphatic heterocycles. The lowest BCUT2D eigenvalue weighted by molar-refractivity contribution is 0.102. The van der Waals surface area contributed by atoms with Gasteiger partial charge in [-0.2, -0.15) is 0 Å². The average molecular weight is 415 g/mol. The van der Waals surface area contributed by atoms with E-state index < -0.39 is 15.9 Å². The van der Waals surface area contributed by atoms with E-state index in [1.54, 1.807) is 24.3 Å². The van der Waals surface area contributed by atoms with Crippen LogP contribution >= 0.6 is 23.2 Å². The Labute approximate surface area is 161 Å². The van der Waals surface area contributed by atoms with E-state index >= 15 is 0 Å². The summed E-state index contributed by atoms with van der Waals surface area (Å²) in [7, 11) is -1.87. The summed E-state index contributed by atoms with van der Waals surface area (Å²) in [6.07, 6.45) is 0.564. The molecule has 26 heavy (non-hydrogen) atoms. The molecular weight excluding hydrogens is 399 g/mol. The molecule has 0 aromatic heterocycles. The molecule has 0 radical (unpaired) electrons. The van der Waals surface area contributed by atoms with Crippen molar-refractivity contribution >= 4 is 50.5 Å². The Kier molecular flexibility index (Phi) is 5.32. The number of nitrogens with zero attached hydrogens (tertiary/aromatic N) is 1. The first kappa shape index (κ1) is 18.8. The van der Waals surface area contributed by atoms with E-state index in [-0.39, 0.29) is 16.3 Å². The molecule has 1 fully saturated rings. The summed E-state index contributed by atoms with van der Waals surface area (Å²) in [6, 6.07) is 9.39. The van der Waals surface area contributed by atoms with Gasteiger partial charge in [0.1, 0.15) is 5.75 Å². The van der Waals surface area contributed by atoms with E-state index in [0.29, 0.717) is 35.1 Å². The van der Waals surface area contributed by atoms with Crippen LogP contribution in [0.5, 0.6) is 5.75 Å². The summed E-state index contributed by atoms with van der Waals surface area (Å²) in [5.41, 5.74) is 1.02. The maximum atomic E-state index is 12.6. The Hall–Kier alpha value is -1.96. The van der Waals surface area contributed by atoms with Gasteiger partial charge in [-0.15, -0.1) is 0 Å². The third-order valence-electron chi connectivity index (χ3n) is 3.99. The molecule has 0 bridgehead atoms. The minimum atomic E-state index is -3.33. The molecule has 0 atom stereocenters. The molecule has 1 aliphatic rings. The number of hydrogen-bond donors (Lipinski definition) is 1. The number of amides is 1. The number of anilines is 2. The SMILES string of the molecule is COc1ccc(N2CCCS2(=O)=O)cc1NC(=O)c1cc(Cl)ccc1Cl. The van der Waals surface area contributed by atoms with Gasteiger partial charge in [-0.25, -0.2) is 8.42 Å². The standard InChI is InChI=1S/C17H16Cl2N2O4S/c1-25-16-6-4-12(21-7-2-8-26(21,23)24)10-15(16)20-17(22)13-9-11(18)3-5-14(13)19/h3-6,9-10H,2,7-8H2,1H3,(H,20,22). The molecule has 2 aromatic carbocycles. The van der Waals surface area contributed by atoms with Crippen LogP contribution in [0.4, 0.5) is 11.4 Å². The number of sulfonamides is 1. The minimum absolute atomic E-state index is 0.110. The fourth-order valence-corrected chi connectivity index (χ4v) is 4.67. The molecule has 1 amide bonds. The van der Waals surface area contributed by atoms with Crippen molar-refractivity contribution in [2.75, 3.05) is 29.0 Å². The monoisotopic (exact) mass is 414 g/mol. The Morgan fingerprint density at radius 1 is 1.19 bits per heavy atom. The van der Waals surface area contributed by atoms with Gasteiger partial charge < -0.3 is 10.1 Å². The number of benzene rings is 2. The van der Waals surface area contributed by atoms with Crippen LogP contribution in [0.25, 0.3) is 0 Å². The average Bonchev–Trinajstić information content (AvgIpc) is 2.96. The summed E-state index contributed by atoms with van der Waals surface area (Å²) in [4.78, 5) is 12.6. The van der Waals surface area contributed by atoms with E-state index in [1.165, 1.54) is 23.5 Å². The molecule has 0 spiro atoms. The van der Waals surface area contributed by atoms with Gasteiger partial charge in [0.05, 0.1) is 34.8 Å². The summed E-state index contributed by atoms with van der Waals surface area (Å²) >= 11 is 12.0. The smallest absolute Gasteiger partial charge is 0.257 e. The van der Waals surface area contributed by atoms with Gasteiger partial charge in [0, 0.05) is 11.6 Å². The van der Waals surface area contributed by atoms with Crippen molar-refractivity contribution in [1.82, 2.24) is 0 Å². The first-order chi connectivity index (χ1) is 12.3. The predicted octanol–water partition coefficient (Wildman–Crippen LogP) is 3.79. The fraction of sp³-hybridized carbons (Fsp3) is 0.235. The molecule has 1 heterocycles. The maximum Gasteiger partial charge on any atom is 0.257 e. The molecular formula is C17H16Cl2N2O4S. The van der Waals surface area contributed by atoms with Crippen molar-refractivity contribution in [2.24, 2.45) is 0 Å². The molecule has 3 rings (SSSR count). The highest BCUT2D eigenvalue weighted by molar-refractivity contribution is 7.93. The second-order valence-corrected chi connectivity index (χ2v) is 8.56. The van der Waals surface area contributed by atoms with Crippen LogP contribution in [0.3, 0.4) is 0 Å². The highest BCUT2D eigenvalue weighted by atomic mass is 35.5. The second kappa shape index (κ2) is 7.34. The van der Waals surface area contributed by atoms with Crippen molar-refractivity contribution in [3.63, 3.8) is 0 Å². The highest BCUT2D eigenvalue weighted by Crippen LogP contribution is 2.33. The minimum Gasteiger partial charge on any atom is -0.495 e. The van der Waals surface area contributed by atoms with E-state index in [4.69, 9.17) is 27.9 Å². The number of nitrogens with one attached hydrogen (secondary N) is 1. The van der Waals surface area contributed by atoms with Crippen molar-refractivity contribution in [3.05, 3.63) is 52.0 Å². The van der Waals surface area contributed by atoms with Gasteiger partial charge in [0.25, 0.3) is 5.91 Å². The van der Waals surface area contributed by atoms with Crippen LogP contribution in [0.15, 0.2) is 36.4 Å². The van der Waals surface area contributed by atoms with Crippen LogP contribution in [-0.4, -0.2) is 33.7 Å². The number of ether oxygens (including phenoxy) is 1. The molecule has 1 N–H and O–H groups in total. The van der Waals surface area contributed by atoms with Gasteiger partial charge in [0.15, 0.2) is 0 Å². The van der Waals surface area contributed by atoms with E-state index in [1.807, 2.05) is 0 Å². The summed E-state index contributed by atoms with van der Waals surface area (Å²) < 4.78 is 30.8. The zero-order valence-electron chi connectivity index (χ0n) is 13.8. The Balaban J connectivity index is 1.95. The molecule has 1 saturated heterocycles. The van der Waals surface area contributed by atoms with Gasteiger partial charge in [0.2, 0.25) is 10.0 Å².